The number of allylic oxidation sites excluding steroid dienone is 4. The van der Waals surface area contributed by atoms with Gasteiger partial charge in [0.1, 0.15) is 0 Å². The van der Waals surface area contributed by atoms with Gasteiger partial charge in [0.2, 0.25) is 0 Å². The van der Waals surface area contributed by atoms with Gasteiger partial charge in [-0.3, -0.25) is 0 Å². The Morgan fingerprint density at radius 1 is 0.923 bits per heavy atom. The molecule has 2 aliphatic carbocycles. The van der Waals surface area contributed by atoms with Gasteiger partial charge in [0.25, 0.3) is 0 Å². The van der Waals surface area contributed by atoms with Gasteiger partial charge in [-0.25, -0.2) is 0 Å². The summed E-state index contributed by atoms with van der Waals surface area (Å²) in [6, 6.07) is 16.2. The zero-order valence-corrected chi connectivity index (χ0v) is 21.0. The van der Waals surface area contributed by atoms with Crippen LogP contribution in [0.2, 0.25) is 8.26 Å². The third-order valence-corrected chi connectivity index (χ3v) is 25.8. The topological polar surface area (TPSA) is 0 Å². The number of halogens is 2. The maximum absolute atomic E-state index is 2.45. The molecular formula is C22H27Cl2SiZr. The Labute approximate surface area is 175 Å². The van der Waals surface area contributed by atoms with Crippen LogP contribution in [0.25, 0.3) is 16.7 Å². The molecule has 0 N–H and O–H groups in total. The van der Waals surface area contributed by atoms with Crippen LogP contribution < -0.4 is 0 Å². The van der Waals surface area contributed by atoms with Crippen LogP contribution in [-0.4, -0.2) is 6.88 Å². The minimum absolute atomic E-state index is 0. The third kappa shape index (κ3) is 3.39. The van der Waals surface area contributed by atoms with E-state index in [-0.39, 0.29) is 24.8 Å². The Hall–Kier alpha value is -0.400. The number of hydrogen-bond donors (Lipinski definition) is 0. The second-order valence-corrected chi connectivity index (χ2v) is 27.1. The monoisotopic (exact) mass is 479 g/mol. The van der Waals surface area contributed by atoms with E-state index in [1.807, 2.05) is 0 Å². The Kier molecular flexibility index (Phi) is 7.36. The van der Waals surface area contributed by atoms with Crippen molar-refractivity contribution >= 4 is 37.3 Å². The Morgan fingerprint density at radius 3 is 2.23 bits per heavy atom. The predicted octanol–water partition coefficient (Wildman–Crippen LogP) is 6.52. The van der Waals surface area contributed by atoms with Gasteiger partial charge in [0.15, 0.2) is 0 Å². The summed E-state index contributed by atoms with van der Waals surface area (Å²) in [4.78, 5) is 0. The summed E-state index contributed by atoms with van der Waals surface area (Å²) in [5.41, 5.74) is 9.34. The zero-order valence-electron chi connectivity index (χ0n) is 15.5. The van der Waals surface area contributed by atoms with E-state index >= 15 is 0 Å². The summed E-state index contributed by atoms with van der Waals surface area (Å²) in [5.74, 6) is 0. The fourth-order valence-electron chi connectivity index (χ4n) is 4.48. The minimum atomic E-state index is -2.24. The van der Waals surface area contributed by atoms with Gasteiger partial charge in [-0.1, -0.05) is 0 Å². The molecule has 0 aromatic heterocycles. The van der Waals surface area contributed by atoms with Crippen LogP contribution in [0.3, 0.4) is 0 Å². The number of rotatable bonds is 4. The maximum Gasteiger partial charge on any atom is -0.147 e. The summed E-state index contributed by atoms with van der Waals surface area (Å²) in [6.07, 6.45) is 7.92. The first-order valence-corrected chi connectivity index (χ1v) is 19.9. The van der Waals surface area contributed by atoms with Gasteiger partial charge < -0.3 is 0 Å². The second kappa shape index (κ2) is 8.74. The largest absolute Gasteiger partial charge is 0.147 e. The summed E-state index contributed by atoms with van der Waals surface area (Å²) < 4.78 is 3.57. The first-order chi connectivity index (χ1) is 11.7. The maximum atomic E-state index is 2.45. The van der Waals surface area contributed by atoms with Crippen molar-refractivity contribution in [3.8, 4) is 11.1 Å². The van der Waals surface area contributed by atoms with Gasteiger partial charge in [-0.05, 0) is 0 Å². The fraction of sp³-hybridized carbons (Fsp3) is 0.273. The van der Waals surface area contributed by atoms with Crippen molar-refractivity contribution in [1.82, 2.24) is 0 Å². The molecule has 0 amide bonds. The Balaban J connectivity index is 0.00000121. The van der Waals surface area contributed by atoms with Crippen molar-refractivity contribution in [2.24, 2.45) is 0 Å². The van der Waals surface area contributed by atoms with E-state index in [9.17, 15) is 0 Å². The summed E-state index contributed by atoms with van der Waals surface area (Å²) in [5, 5.41) is 0. The molecule has 2 aromatic rings. The van der Waals surface area contributed by atoms with Gasteiger partial charge in [0.05, 0.1) is 0 Å². The molecule has 0 bridgehead atoms. The molecule has 4 rings (SSSR count). The van der Waals surface area contributed by atoms with Crippen LogP contribution >= 0.6 is 24.8 Å². The molecule has 4 heteroatoms. The molecule has 137 valence electrons. The molecule has 1 atom stereocenters. The standard InChI is InChI=1S/C18H13.2C2H5.2ClH.H2Si.Zr/c1-2-7-13(6-1)15-10-5-11-17-16-9-4-3-8-14(16)12-18(15)17;2*1-2;;;;/h1-6,8-12H,7H2;2*1H2,2H3;2*1H;1H2;. The molecule has 1 unspecified atom stereocenters. The number of fused-ring (bicyclic) bond motifs is 3. The average molecular weight is 482 g/mol. The van der Waals surface area contributed by atoms with Crippen molar-refractivity contribution < 1.29 is 18.9 Å². The number of benzene rings is 2. The Bertz CT molecular complexity index is 906. The molecule has 26 heavy (non-hydrogen) atoms. The van der Waals surface area contributed by atoms with Crippen molar-refractivity contribution in [3.63, 3.8) is 0 Å². The van der Waals surface area contributed by atoms with Crippen LogP contribution in [0.15, 0.2) is 60.7 Å². The molecular weight excluding hydrogens is 454 g/mol. The first-order valence-electron chi connectivity index (χ1n) is 9.13. The predicted molar refractivity (Wildman–Crippen MR) is 119 cm³/mol. The van der Waals surface area contributed by atoms with Gasteiger partial charge >= 0.3 is 152 Å². The summed E-state index contributed by atoms with van der Waals surface area (Å²) in [6.45, 7) is 7.34. The van der Waals surface area contributed by atoms with Gasteiger partial charge in [-0.2, -0.15) is 0 Å². The van der Waals surface area contributed by atoms with Crippen molar-refractivity contribution in [3.05, 3.63) is 77.4 Å². The van der Waals surface area contributed by atoms with Crippen molar-refractivity contribution in [1.29, 1.82) is 0 Å². The molecule has 0 spiro atoms. The fourth-order valence-corrected chi connectivity index (χ4v) is 14.7. The molecule has 0 aliphatic heterocycles. The van der Waals surface area contributed by atoms with E-state index in [0.717, 1.165) is 10.0 Å². The normalized spacial score (nSPS) is 17.0. The van der Waals surface area contributed by atoms with E-state index in [1.165, 1.54) is 30.5 Å². The quantitative estimate of drug-likeness (QED) is 0.436. The molecule has 2 aliphatic rings. The second-order valence-electron chi connectivity index (χ2n) is 7.18. The summed E-state index contributed by atoms with van der Waals surface area (Å²) in [7, 11) is 0. The minimum Gasteiger partial charge on any atom is -0.147 e. The van der Waals surface area contributed by atoms with Crippen LogP contribution in [0.5, 0.6) is 0 Å². The molecule has 0 saturated heterocycles. The molecule has 0 fully saturated rings. The van der Waals surface area contributed by atoms with Crippen LogP contribution in [0, 0.1) is 0 Å². The molecule has 0 radical (unpaired) electrons. The van der Waals surface area contributed by atoms with Crippen LogP contribution in [-0.2, 0) is 18.9 Å². The average Bonchev–Trinajstić information content (AvgIpc) is 3.27. The van der Waals surface area contributed by atoms with E-state index in [1.54, 1.807) is 11.1 Å². The van der Waals surface area contributed by atoms with Gasteiger partial charge in [-0.15, -0.1) is 24.8 Å². The van der Waals surface area contributed by atoms with Gasteiger partial charge in [0, 0.05) is 0 Å². The molecule has 2 aromatic carbocycles. The molecule has 0 nitrogen and oxygen atoms in total. The van der Waals surface area contributed by atoms with E-state index in [0.29, 0.717) is 0 Å². The molecule has 0 saturated carbocycles. The van der Waals surface area contributed by atoms with Crippen LogP contribution in [0.4, 0.5) is 0 Å². The van der Waals surface area contributed by atoms with E-state index in [2.05, 4.69) is 81.4 Å². The van der Waals surface area contributed by atoms with Crippen LogP contribution in [0.1, 0.15) is 40.6 Å². The number of hydrogen-bond acceptors (Lipinski definition) is 0. The smallest absolute Gasteiger partial charge is 0.147 e. The van der Waals surface area contributed by atoms with E-state index in [4.69, 9.17) is 0 Å². The third-order valence-electron chi connectivity index (χ3n) is 6.09. The summed E-state index contributed by atoms with van der Waals surface area (Å²) >= 11 is -2.24. The Morgan fingerprint density at radius 2 is 1.58 bits per heavy atom. The van der Waals surface area contributed by atoms with Crippen molar-refractivity contribution in [2.75, 3.05) is 0 Å². The van der Waals surface area contributed by atoms with E-state index < -0.39 is 18.9 Å². The first kappa shape index (κ1) is 21.9. The molecule has 0 heterocycles. The van der Waals surface area contributed by atoms with Crippen molar-refractivity contribution in [2.45, 2.75) is 32.2 Å². The SMILES string of the molecule is C[CH2][Zr](=[SiH2])([CH2]C)[CH]1c2ccccc2-c2cccc(C3=CC=CC3)c21.Cl.Cl. The zero-order chi connectivity index (χ0) is 16.7.